The Bertz CT molecular complexity index is 803. The van der Waals surface area contributed by atoms with Gasteiger partial charge in [-0.25, -0.2) is 4.39 Å². The maximum absolute atomic E-state index is 14.0. The molecule has 3 nitrogen and oxygen atoms in total. The van der Waals surface area contributed by atoms with Crippen LogP contribution in [0.2, 0.25) is 0 Å². The number of nitriles is 2. The van der Waals surface area contributed by atoms with E-state index < -0.39 is 23.1 Å². The van der Waals surface area contributed by atoms with Crippen LogP contribution in [0.4, 0.5) is 4.39 Å². The Morgan fingerprint density at radius 1 is 1.00 bits per heavy atom. The summed E-state index contributed by atoms with van der Waals surface area (Å²) >= 11 is 0. The van der Waals surface area contributed by atoms with Gasteiger partial charge in [0, 0.05) is 11.5 Å². The molecule has 22 heavy (non-hydrogen) atoms. The van der Waals surface area contributed by atoms with Crippen LogP contribution < -0.4 is 0 Å². The number of carbonyl (C=O) groups is 1. The summed E-state index contributed by atoms with van der Waals surface area (Å²) in [7, 11) is 0. The van der Waals surface area contributed by atoms with Crippen molar-refractivity contribution < 1.29 is 9.18 Å². The lowest BCUT2D eigenvalue weighted by Gasteiger charge is -2.01. The van der Waals surface area contributed by atoms with Crippen LogP contribution >= 0.6 is 0 Å². The molecule has 0 unspecified atom stereocenters. The quantitative estimate of drug-likeness (QED) is 0.813. The lowest BCUT2D eigenvalue weighted by molar-refractivity contribution is 0.0958. The Kier molecular flexibility index (Phi) is 3.23. The first kappa shape index (κ1) is 14.0. The van der Waals surface area contributed by atoms with E-state index in [-0.39, 0.29) is 11.3 Å². The predicted molar refractivity (Wildman–Crippen MR) is 77.1 cm³/mol. The molecule has 2 aromatic carbocycles. The summed E-state index contributed by atoms with van der Waals surface area (Å²) in [6.45, 7) is 0. The molecule has 2 aromatic rings. The normalized spacial score (nSPS) is 21.4. The number of halogens is 1. The Morgan fingerprint density at radius 3 is 2.18 bits per heavy atom. The number of benzene rings is 2. The lowest BCUT2D eigenvalue weighted by Crippen LogP contribution is -2.08. The molecule has 106 valence electrons. The highest BCUT2D eigenvalue weighted by molar-refractivity contribution is 6.02. The molecule has 1 fully saturated rings. The molecular formula is C18H11FN2O. The minimum atomic E-state index is -1.49. The fraction of sp³-hybridized carbons (Fsp3) is 0.167. The Morgan fingerprint density at radius 2 is 1.59 bits per heavy atom. The molecule has 0 amide bonds. The highest BCUT2D eigenvalue weighted by Gasteiger charge is 2.71. The first-order valence-electron chi connectivity index (χ1n) is 6.82. The Balaban J connectivity index is 2.05. The molecule has 2 atom stereocenters. The molecule has 1 saturated carbocycles. The molecule has 0 radical (unpaired) electrons. The van der Waals surface area contributed by atoms with Crippen molar-refractivity contribution in [3.8, 4) is 12.1 Å². The SMILES string of the molecule is N#CC1(C#N)[C@H](C(=O)c2ccccc2)[C@H]1c1ccccc1F. The summed E-state index contributed by atoms with van der Waals surface area (Å²) in [5, 5.41) is 18.8. The van der Waals surface area contributed by atoms with Crippen molar-refractivity contribution in [2.45, 2.75) is 5.92 Å². The summed E-state index contributed by atoms with van der Waals surface area (Å²) in [4.78, 5) is 12.6. The van der Waals surface area contributed by atoms with Gasteiger partial charge >= 0.3 is 0 Å². The van der Waals surface area contributed by atoms with Crippen molar-refractivity contribution in [2.75, 3.05) is 0 Å². The standard InChI is InChI=1S/C18H11FN2O/c19-14-9-5-4-8-13(14)15-16(18(15,10-20)11-21)17(22)12-6-2-1-3-7-12/h1-9,15-16H/t15-,16+/m1/s1. The van der Waals surface area contributed by atoms with Crippen LogP contribution in [0.25, 0.3) is 0 Å². The maximum Gasteiger partial charge on any atom is 0.169 e. The molecule has 0 saturated heterocycles. The number of Topliss-reactive ketones (excluding diaryl/α,β-unsaturated/α-hetero) is 1. The molecule has 0 aliphatic heterocycles. The van der Waals surface area contributed by atoms with Crippen molar-refractivity contribution in [1.82, 2.24) is 0 Å². The number of rotatable bonds is 3. The molecule has 0 heterocycles. The molecule has 4 heteroatoms. The van der Waals surface area contributed by atoms with E-state index in [4.69, 9.17) is 0 Å². The predicted octanol–water partition coefficient (Wildman–Crippen LogP) is 3.46. The van der Waals surface area contributed by atoms with Crippen molar-refractivity contribution in [2.24, 2.45) is 11.3 Å². The average molecular weight is 290 g/mol. The zero-order valence-corrected chi connectivity index (χ0v) is 11.5. The lowest BCUT2D eigenvalue weighted by atomic mass is 10.0. The van der Waals surface area contributed by atoms with E-state index in [1.807, 2.05) is 12.1 Å². The van der Waals surface area contributed by atoms with Crippen LogP contribution in [0.5, 0.6) is 0 Å². The summed E-state index contributed by atoms with van der Waals surface area (Å²) in [5.74, 6) is -2.35. The summed E-state index contributed by atoms with van der Waals surface area (Å²) in [5.41, 5.74) is -0.809. The first-order chi connectivity index (χ1) is 10.7. The molecule has 0 N–H and O–H groups in total. The van der Waals surface area contributed by atoms with Gasteiger partial charge in [0.05, 0.1) is 18.1 Å². The van der Waals surface area contributed by atoms with Crippen LogP contribution in [0.15, 0.2) is 54.6 Å². The topological polar surface area (TPSA) is 64.7 Å². The van der Waals surface area contributed by atoms with Gasteiger partial charge in [-0.1, -0.05) is 48.5 Å². The minimum absolute atomic E-state index is 0.250. The van der Waals surface area contributed by atoms with Crippen molar-refractivity contribution in [3.63, 3.8) is 0 Å². The van der Waals surface area contributed by atoms with E-state index in [1.54, 1.807) is 36.4 Å². The fourth-order valence-electron chi connectivity index (χ4n) is 2.98. The molecular weight excluding hydrogens is 279 g/mol. The zero-order chi connectivity index (χ0) is 15.7. The molecule has 0 aromatic heterocycles. The molecule has 1 aliphatic carbocycles. The first-order valence-corrected chi connectivity index (χ1v) is 6.82. The molecule has 0 spiro atoms. The Labute approximate surface area is 127 Å². The smallest absolute Gasteiger partial charge is 0.169 e. The number of carbonyl (C=O) groups excluding carboxylic acids is 1. The van der Waals surface area contributed by atoms with Gasteiger partial charge in [-0.15, -0.1) is 0 Å². The number of hydrogen-bond acceptors (Lipinski definition) is 3. The van der Waals surface area contributed by atoms with E-state index in [0.29, 0.717) is 5.56 Å². The molecule has 0 bridgehead atoms. The van der Waals surface area contributed by atoms with E-state index >= 15 is 0 Å². The van der Waals surface area contributed by atoms with E-state index in [2.05, 4.69) is 0 Å². The summed E-state index contributed by atoms with van der Waals surface area (Å²) in [6, 6.07) is 18.3. The number of nitrogens with zero attached hydrogens (tertiary/aromatic N) is 2. The highest BCUT2D eigenvalue weighted by atomic mass is 19.1. The number of ketones is 1. The second-order valence-electron chi connectivity index (χ2n) is 5.30. The third-order valence-electron chi connectivity index (χ3n) is 4.16. The third kappa shape index (κ3) is 1.89. The van der Waals surface area contributed by atoms with Crippen LogP contribution in [0, 0.1) is 39.8 Å². The largest absolute Gasteiger partial charge is 0.294 e. The van der Waals surface area contributed by atoms with Crippen molar-refractivity contribution in [1.29, 1.82) is 10.5 Å². The zero-order valence-electron chi connectivity index (χ0n) is 11.5. The van der Waals surface area contributed by atoms with Crippen LogP contribution in [0.3, 0.4) is 0 Å². The van der Waals surface area contributed by atoms with E-state index in [0.717, 1.165) is 0 Å². The third-order valence-corrected chi connectivity index (χ3v) is 4.16. The monoisotopic (exact) mass is 290 g/mol. The van der Waals surface area contributed by atoms with Gasteiger partial charge in [-0.2, -0.15) is 10.5 Å². The molecule has 1 aliphatic rings. The summed E-state index contributed by atoms with van der Waals surface area (Å²) < 4.78 is 14.0. The summed E-state index contributed by atoms with van der Waals surface area (Å²) in [6.07, 6.45) is 0. The van der Waals surface area contributed by atoms with E-state index in [1.165, 1.54) is 18.2 Å². The second kappa shape index (κ2) is 5.09. The molecule has 3 rings (SSSR count). The van der Waals surface area contributed by atoms with Gasteiger partial charge in [-0.3, -0.25) is 4.79 Å². The van der Waals surface area contributed by atoms with Crippen molar-refractivity contribution in [3.05, 3.63) is 71.5 Å². The van der Waals surface area contributed by atoms with Gasteiger partial charge in [0.15, 0.2) is 11.2 Å². The maximum atomic E-state index is 14.0. The second-order valence-corrected chi connectivity index (χ2v) is 5.30. The van der Waals surface area contributed by atoms with Crippen LogP contribution in [-0.2, 0) is 0 Å². The van der Waals surface area contributed by atoms with Crippen molar-refractivity contribution >= 4 is 5.78 Å². The van der Waals surface area contributed by atoms with Gasteiger partial charge in [0.1, 0.15) is 5.82 Å². The van der Waals surface area contributed by atoms with Gasteiger partial charge < -0.3 is 0 Å². The minimum Gasteiger partial charge on any atom is -0.294 e. The van der Waals surface area contributed by atoms with Gasteiger partial charge in [0.25, 0.3) is 0 Å². The fourth-order valence-corrected chi connectivity index (χ4v) is 2.98. The van der Waals surface area contributed by atoms with Gasteiger partial charge in [0.2, 0.25) is 0 Å². The van der Waals surface area contributed by atoms with Crippen LogP contribution in [-0.4, -0.2) is 5.78 Å². The van der Waals surface area contributed by atoms with Gasteiger partial charge in [-0.05, 0) is 11.6 Å². The highest BCUT2D eigenvalue weighted by Crippen LogP contribution is 2.65. The van der Waals surface area contributed by atoms with Crippen LogP contribution in [0.1, 0.15) is 21.8 Å². The Hall–Kier alpha value is -2.98. The van der Waals surface area contributed by atoms with E-state index in [9.17, 15) is 19.7 Å². The number of hydrogen-bond donors (Lipinski definition) is 0. The average Bonchev–Trinajstić information content (AvgIpc) is 3.24.